The Morgan fingerprint density at radius 3 is 2.96 bits per heavy atom. The predicted molar refractivity (Wildman–Crippen MR) is 98.5 cm³/mol. The van der Waals surface area contributed by atoms with Crippen LogP contribution in [0.1, 0.15) is 34.9 Å². The summed E-state index contributed by atoms with van der Waals surface area (Å²) in [6, 6.07) is 12.5. The van der Waals surface area contributed by atoms with Crippen LogP contribution in [0, 0.1) is 0 Å². The fraction of sp³-hybridized carbons (Fsp3) is 0.474. The molecule has 25 heavy (non-hydrogen) atoms. The van der Waals surface area contributed by atoms with Crippen molar-refractivity contribution in [1.82, 2.24) is 25.3 Å². The highest BCUT2D eigenvalue weighted by molar-refractivity contribution is 5.92. The van der Waals surface area contributed by atoms with Crippen molar-refractivity contribution in [2.45, 2.75) is 25.4 Å². The summed E-state index contributed by atoms with van der Waals surface area (Å²) in [7, 11) is 2.06. The van der Waals surface area contributed by atoms with E-state index in [0.29, 0.717) is 18.3 Å². The van der Waals surface area contributed by atoms with Crippen molar-refractivity contribution in [3.63, 3.8) is 0 Å². The maximum atomic E-state index is 12.3. The second kappa shape index (κ2) is 8.78. The number of benzene rings is 1. The van der Waals surface area contributed by atoms with Crippen LogP contribution in [0.25, 0.3) is 0 Å². The van der Waals surface area contributed by atoms with Gasteiger partial charge in [0.1, 0.15) is 5.69 Å². The van der Waals surface area contributed by atoms with Gasteiger partial charge in [0.05, 0.1) is 6.04 Å². The molecule has 1 saturated heterocycles. The molecule has 1 aliphatic heterocycles. The number of rotatable bonds is 7. The standard InChI is InChI=1S/C19H27N5O/c1-23(15-16-6-3-2-4-7-16)13-11-21-19(25)18-9-12-24(22-18)17-8-5-10-20-14-17/h2-4,6-7,9,12,17,20H,5,8,10-11,13-15H2,1H3,(H,21,25). The van der Waals surface area contributed by atoms with E-state index in [1.165, 1.54) is 5.56 Å². The monoisotopic (exact) mass is 341 g/mol. The van der Waals surface area contributed by atoms with Crippen LogP contribution in [0.5, 0.6) is 0 Å². The molecule has 1 atom stereocenters. The molecular formula is C19H27N5O. The third-order valence-corrected chi connectivity index (χ3v) is 4.56. The van der Waals surface area contributed by atoms with Crippen LogP contribution in [0.15, 0.2) is 42.6 Å². The smallest absolute Gasteiger partial charge is 0.271 e. The van der Waals surface area contributed by atoms with Crippen LogP contribution in [0.4, 0.5) is 0 Å². The van der Waals surface area contributed by atoms with Crippen molar-refractivity contribution in [3.05, 3.63) is 53.9 Å². The van der Waals surface area contributed by atoms with Crippen molar-refractivity contribution < 1.29 is 4.79 Å². The van der Waals surface area contributed by atoms with Crippen LogP contribution in [0.2, 0.25) is 0 Å². The Morgan fingerprint density at radius 1 is 1.36 bits per heavy atom. The summed E-state index contributed by atoms with van der Waals surface area (Å²) >= 11 is 0. The summed E-state index contributed by atoms with van der Waals surface area (Å²) in [6.07, 6.45) is 4.17. The molecule has 0 saturated carbocycles. The van der Waals surface area contributed by atoms with Gasteiger partial charge < -0.3 is 15.5 Å². The third-order valence-electron chi connectivity index (χ3n) is 4.56. The number of piperidine rings is 1. The Kier molecular flexibility index (Phi) is 6.19. The van der Waals surface area contributed by atoms with Gasteiger partial charge >= 0.3 is 0 Å². The number of carbonyl (C=O) groups excluding carboxylic acids is 1. The second-order valence-electron chi connectivity index (χ2n) is 6.66. The molecule has 0 spiro atoms. The van der Waals surface area contributed by atoms with E-state index in [0.717, 1.165) is 39.0 Å². The molecule has 2 heterocycles. The van der Waals surface area contributed by atoms with Crippen molar-refractivity contribution in [1.29, 1.82) is 0 Å². The summed E-state index contributed by atoms with van der Waals surface area (Å²) in [5.41, 5.74) is 1.77. The normalized spacial score (nSPS) is 17.6. The van der Waals surface area contributed by atoms with E-state index in [9.17, 15) is 4.79 Å². The minimum atomic E-state index is -0.101. The number of nitrogens with one attached hydrogen (secondary N) is 2. The van der Waals surface area contributed by atoms with Crippen molar-refractivity contribution in [2.24, 2.45) is 0 Å². The largest absolute Gasteiger partial charge is 0.349 e. The van der Waals surface area contributed by atoms with Crippen molar-refractivity contribution >= 4 is 5.91 Å². The highest BCUT2D eigenvalue weighted by Gasteiger charge is 2.17. The zero-order valence-electron chi connectivity index (χ0n) is 14.8. The summed E-state index contributed by atoms with van der Waals surface area (Å²) in [5, 5.41) is 10.8. The van der Waals surface area contributed by atoms with Gasteiger partial charge in [-0.25, -0.2) is 0 Å². The molecular weight excluding hydrogens is 314 g/mol. The molecule has 1 aromatic carbocycles. The van der Waals surface area contributed by atoms with Crippen LogP contribution < -0.4 is 10.6 Å². The van der Waals surface area contributed by atoms with E-state index in [2.05, 4.69) is 39.8 Å². The molecule has 1 aliphatic rings. The van der Waals surface area contributed by atoms with E-state index < -0.39 is 0 Å². The third kappa shape index (κ3) is 5.14. The fourth-order valence-electron chi connectivity index (χ4n) is 3.15. The Bertz CT molecular complexity index is 663. The lowest BCUT2D eigenvalue weighted by molar-refractivity contribution is 0.0943. The molecule has 1 amide bonds. The van der Waals surface area contributed by atoms with E-state index >= 15 is 0 Å². The maximum Gasteiger partial charge on any atom is 0.271 e. The quantitative estimate of drug-likeness (QED) is 0.804. The Morgan fingerprint density at radius 2 is 2.20 bits per heavy atom. The number of likely N-dealkylation sites (N-methyl/N-ethyl adjacent to an activating group) is 1. The van der Waals surface area contributed by atoms with Gasteiger partial charge in [0.15, 0.2) is 0 Å². The Labute approximate surface area is 149 Å². The number of hydrogen-bond donors (Lipinski definition) is 2. The van der Waals surface area contributed by atoms with Crippen LogP contribution in [-0.2, 0) is 6.54 Å². The highest BCUT2D eigenvalue weighted by Crippen LogP contribution is 2.15. The first-order chi connectivity index (χ1) is 12.2. The Balaban J connectivity index is 1.42. The molecule has 0 aliphatic carbocycles. The molecule has 1 fully saturated rings. The molecule has 3 rings (SSSR count). The number of amides is 1. The van der Waals surface area contributed by atoms with Gasteiger partial charge in [0.2, 0.25) is 0 Å². The molecule has 6 nitrogen and oxygen atoms in total. The number of carbonyl (C=O) groups is 1. The molecule has 0 bridgehead atoms. The van der Waals surface area contributed by atoms with E-state index in [1.807, 2.05) is 29.1 Å². The predicted octanol–water partition coefficient (Wildman–Crippen LogP) is 1.67. The maximum absolute atomic E-state index is 12.3. The minimum Gasteiger partial charge on any atom is -0.349 e. The molecule has 2 N–H and O–H groups in total. The number of aromatic nitrogens is 2. The van der Waals surface area contributed by atoms with Gasteiger partial charge in [-0.05, 0) is 38.1 Å². The van der Waals surface area contributed by atoms with E-state index in [4.69, 9.17) is 0 Å². The summed E-state index contributed by atoms with van der Waals surface area (Å²) in [4.78, 5) is 14.5. The minimum absolute atomic E-state index is 0.101. The number of nitrogens with zero attached hydrogens (tertiary/aromatic N) is 3. The first-order valence-electron chi connectivity index (χ1n) is 8.99. The topological polar surface area (TPSA) is 62.2 Å². The van der Waals surface area contributed by atoms with E-state index in [1.54, 1.807) is 6.07 Å². The van der Waals surface area contributed by atoms with Crippen molar-refractivity contribution in [2.75, 3.05) is 33.2 Å². The lowest BCUT2D eigenvalue weighted by Crippen LogP contribution is -2.34. The van der Waals surface area contributed by atoms with Crippen LogP contribution >= 0.6 is 0 Å². The first kappa shape index (κ1) is 17.6. The molecule has 2 aromatic rings. The van der Waals surface area contributed by atoms with E-state index in [-0.39, 0.29) is 5.91 Å². The lowest BCUT2D eigenvalue weighted by atomic mass is 10.1. The average Bonchev–Trinajstić information content (AvgIpc) is 3.13. The average molecular weight is 341 g/mol. The summed E-state index contributed by atoms with van der Waals surface area (Å²) in [5.74, 6) is -0.101. The van der Waals surface area contributed by atoms with Crippen molar-refractivity contribution in [3.8, 4) is 0 Å². The van der Waals surface area contributed by atoms with Crippen LogP contribution in [0.3, 0.4) is 0 Å². The lowest BCUT2D eigenvalue weighted by Gasteiger charge is -2.22. The van der Waals surface area contributed by atoms with Gasteiger partial charge in [0, 0.05) is 32.4 Å². The zero-order chi connectivity index (χ0) is 17.5. The van der Waals surface area contributed by atoms with Gasteiger partial charge in [-0.2, -0.15) is 5.10 Å². The molecule has 134 valence electrons. The molecule has 1 unspecified atom stereocenters. The summed E-state index contributed by atoms with van der Waals surface area (Å²) < 4.78 is 1.92. The zero-order valence-corrected chi connectivity index (χ0v) is 14.8. The fourth-order valence-corrected chi connectivity index (χ4v) is 3.15. The molecule has 6 heteroatoms. The van der Waals surface area contributed by atoms with Gasteiger partial charge in [-0.3, -0.25) is 9.48 Å². The second-order valence-corrected chi connectivity index (χ2v) is 6.66. The number of hydrogen-bond acceptors (Lipinski definition) is 4. The Hall–Kier alpha value is -2.18. The summed E-state index contributed by atoms with van der Waals surface area (Å²) in [6.45, 7) is 4.28. The van der Waals surface area contributed by atoms with Gasteiger partial charge in [-0.1, -0.05) is 30.3 Å². The van der Waals surface area contributed by atoms with Gasteiger partial charge in [0.25, 0.3) is 5.91 Å². The molecule has 1 aromatic heterocycles. The van der Waals surface area contributed by atoms with Crippen LogP contribution in [-0.4, -0.2) is 53.8 Å². The highest BCUT2D eigenvalue weighted by atomic mass is 16.1. The molecule has 0 radical (unpaired) electrons. The SMILES string of the molecule is CN(CCNC(=O)c1ccn(C2CCCNC2)n1)Cc1ccccc1. The first-order valence-corrected chi connectivity index (χ1v) is 8.99. The van der Waals surface area contributed by atoms with Gasteiger partial charge in [-0.15, -0.1) is 0 Å².